The minimum absolute atomic E-state index is 0.160. The van der Waals surface area contributed by atoms with Crippen molar-refractivity contribution in [3.63, 3.8) is 0 Å². The normalized spacial score (nSPS) is 18.9. The van der Waals surface area contributed by atoms with E-state index in [1.165, 1.54) is 37.5 Å². The van der Waals surface area contributed by atoms with E-state index in [0.717, 1.165) is 19.5 Å². The number of benzene rings is 1. The Bertz CT molecular complexity index is 492. The molecule has 21 heavy (non-hydrogen) atoms. The van der Waals surface area contributed by atoms with Gasteiger partial charge < -0.3 is 16.0 Å². The van der Waals surface area contributed by atoms with Gasteiger partial charge in [-0.3, -0.25) is 4.79 Å². The van der Waals surface area contributed by atoms with Gasteiger partial charge >= 0.3 is 0 Å². The molecule has 1 aromatic carbocycles. The van der Waals surface area contributed by atoms with Crippen molar-refractivity contribution in [3.05, 3.63) is 24.0 Å². The number of nitrogen functional groups attached to an aromatic ring is 1. The van der Waals surface area contributed by atoms with Gasteiger partial charge in [0.15, 0.2) is 0 Å². The van der Waals surface area contributed by atoms with Gasteiger partial charge in [0.05, 0.1) is 5.69 Å². The van der Waals surface area contributed by atoms with Crippen LogP contribution in [0.1, 0.15) is 39.0 Å². The molecule has 1 aliphatic rings. The average Bonchev–Trinajstić information content (AvgIpc) is 2.90. The smallest absolute Gasteiger partial charge is 0.224 e. The van der Waals surface area contributed by atoms with Gasteiger partial charge in [0, 0.05) is 18.2 Å². The molecule has 0 aromatic heterocycles. The van der Waals surface area contributed by atoms with Crippen LogP contribution in [0.5, 0.6) is 0 Å². The Morgan fingerprint density at radius 2 is 2.33 bits per heavy atom. The number of hydrogen-bond donors (Lipinski definition) is 2. The maximum atomic E-state index is 13.5. The van der Waals surface area contributed by atoms with E-state index in [9.17, 15) is 9.18 Å². The molecule has 0 aliphatic carbocycles. The predicted molar refractivity (Wildman–Crippen MR) is 83.6 cm³/mol. The molecule has 116 valence electrons. The highest BCUT2D eigenvalue weighted by molar-refractivity contribution is 5.91. The maximum absolute atomic E-state index is 13.5. The van der Waals surface area contributed by atoms with Crippen molar-refractivity contribution >= 4 is 17.3 Å². The molecule has 1 saturated heterocycles. The van der Waals surface area contributed by atoms with Gasteiger partial charge in [-0.05, 0) is 57.0 Å². The number of rotatable bonds is 6. The van der Waals surface area contributed by atoms with Crippen LogP contribution in [0.15, 0.2) is 18.2 Å². The largest absolute Gasteiger partial charge is 0.399 e. The number of hydrogen-bond acceptors (Lipinski definition) is 3. The van der Waals surface area contributed by atoms with Gasteiger partial charge in [-0.2, -0.15) is 0 Å². The van der Waals surface area contributed by atoms with E-state index < -0.39 is 5.82 Å². The second-order valence-corrected chi connectivity index (χ2v) is 5.63. The van der Waals surface area contributed by atoms with E-state index in [2.05, 4.69) is 17.1 Å². The molecule has 0 bridgehead atoms. The van der Waals surface area contributed by atoms with E-state index in [0.29, 0.717) is 18.2 Å². The van der Waals surface area contributed by atoms with Crippen molar-refractivity contribution in [2.75, 3.05) is 24.1 Å². The first-order valence-electron chi connectivity index (χ1n) is 7.69. The first-order chi connectivity index (χ1) is 10.1. The van der Waals surface area contributed by atoms with Crippen LogP contribution in [0.4, 0.5) is 15.8 Å². The van der Waals surface area contributed by atoms with Gasteiger partial charge in [-0.15, -0.1) is 0 Å². The number of carbonyl (C=O) groups is 1. The van der Waals surface area contributed by atoms with Crippen molar-refractivity contribution in [3.8, 4) is 0 Å². The lowest BCUT2D eigenvalue weighted by Gasteiger charge is -2.22. The Labute approximate surface area is 125 Å². The lowest BCUT2D eigenvalue weighted by Crippen LogP contribution is -2.30. The number of carbonyl (C=O) groups excluding carboxylic acids is 1. The number of likely N-dealkylation sites (tertiary alicyclic amines) is 1. The summed E-state index contributed by atoms with van der Waals surface area (Å²) in [6.07, 6.45) is 4.88. The fourth-order valence-corrected chi connectivity index (χ4v) is 2.95. The third-order valence-electron chi connectivity index (χ3n) is 4.08. The average molecular weight is 293 g/mol. The summed E-state index contributed by atoms with van der Waals surface area (Å²) in [6.45, 7) is 4.27. The molecule has 1 fully saturated rings. The molecule has 1 aromatic rings. The van der Waals surface area contributed by atoms with Crippen molar-refractivity contribution in [1.29, 1.82) is 0 Å². The summed E-state index contributed by atoms with van der Waals surface area (Å²) in [5, 5.41) is 2.59. The topological polar surface area (TPSA) is 58.4 Å². The van der Waals surface area contributed by atoms with Crippen LogP contribution in [-0.2, 0) is 4.79 Å². The van der Waals surface area contributed by atoms with E-state index in [1.54, 1.807) is 0 Å². The Hall–Kier alpha value is -1.62. The Balaban J connectivity index is 1.76. The molecule has 1 aliphatic heterocycles. The zero-order valence-corrected chi connectivity index (χ0v) is 12.6. The molecule has 1 atom stereocenters. The molecule has 2 rings (SSSR count). The first-order valence-corrected chi connectivity index (χ1v) is 7.69. The molecule has 1 amide bonds. The van der Waals surface area contributed by atoms with Crippen LogP contribution in [0, 0.1) is 5.82 Å². The van der Waals surface area contributed by atoms with Crippen LogP contribution in [-0.4, -0.2) is 29.9 Å². The molecular formula is C16H24FN3O. The maximum Gasteiger partial charge on any atom is 0.224 e. The lowest BCUT2D eigenvalue weighted by molar-refractivity contribution is -0.116. The standard InChI is InChI=1S/C16H24FN3O/c1-2-13-5-3-9-20(13)10-4-6-16(21)19-15-11-12(18)7-8-14(15)17/h7-8,11,13H,2-6,9-10,18H2,1H3,(H,19,21). The fraction of sp³-hybridized carbons (Fsp3) is 0.562. The minimum atomic E-state index is -0.455. The van der Waals surface area contributed by atoms with E-state index in [1.807, 2.05) is 0 Å². The van der Waals surface area contributed by atoms with E-state index >= 15 is 0 Å². The van der Waals surface area contributed by atoms with Gasteiger partial charge in [-0.1, -0.05) is 6.92 Å². The number of amides is 1. The third-order valence-corrected chi connectivity index (χ3v) is 4.08. The zero-order chi connectivity index (χ0) is 15.2. The van der Waals surface area contributed by atoms with Crippen LogP contribution in [0.25, 0.3) is 0 Å². The zero-order valence-electron chi connectivity index (χ0n) is 12.6. The molecule has 0 spiro atoms. The van der Waals surface area contributed by atoms with Gasteiger partial charge in [0.1, 0.15) is 5.82 Å². The van der Waals surface area contributed by atoms with Crippen molar-refractivity contribution in [2.45, 2.75) is 45.1 Å². The molecule has 0 radical (unpaired) electrons. The Morgan fingerprint density at radius 3 is 3.10 bits per heavy atom. The molecule has 1 unspecified atom stereocenters. The highest BCUT2D eigenvalue weighted by Crippen LogP contribution is 2.20. The number of nitrogens with two attached hydrogens (primary N) is 1. The highest BCUT2D eigenvalue weighted by Gasteiger charge is 2.22. The second kappa shape index (κ2) is 7.41. The summed E-state index contributed by atoms with van der Waals surface area (Å²) in [5.41, 5.74) is 6.19. The number of halogens is 1. The molecule has 3 N–H and O–H groups in total. The SMILES string of the molecule is CCC1CCCN1CCCC(=O)Nc1cc(N)ccc1F. The van der Waals surface area contributed by atoms with Crippen molar-refractivity contribution in [2.24, 2.45) is 0 Å². The summed E-state index contributed by atoms with van der Waals surface area (Å²) < 4.78 is 13.5. The van der Waals surface area contributed by atoms with Crippen LogP contribution in [0.3, 0.4) is 0 Å². The summed E-state index contributed by atoms with van der Waals surface area (Å²) >= 11 is 0. The molecular weight excluding hydrogens is 269 g/mol. The molecule has 5 heteroatoms. The minimum Gasteiger partial charge on any atom is -0.399 e. The number of anilines is 2. The van der Waals surface area contributed by atoms with Crippen molar-refractivity contribution < 1.29 is 9.18 Å². The third kappa shape index (κ3) is 4.43. The molecule has 1 heterocycles. The summed E-state index contributed by atoms with van der Waals surface area (Å²) in [4.78, 5) is 14.3. The number of nitrogens with zero attached hydrogens (tertiary/aromatic N) is 1. The van der Waals surface area contributed by atoms with Crippen LogP contribution >= 0.6 is 0 Å². The molecule has 0 saturated carbocycles. The van der Waals surface area contributed by atoms with E-state index in [-0.39, 0.29) is 11.6 Å². The predicted octanol–water partition coefficient (Wildman–Crippen LogP) is 3.00. The quantitative estimate of drug-likeness (QED) is 0.793. The fourth-order valence-electron chi connectivity index (χ4n) is 2.95. The highest BCUT2D eigenvalue weighted by atomic mass is 19.1. The van der Waals surface area contributed by atoms with Crippen molar-refractivity contribution in [1.82, 2.24) is 4.90 Å². The Morgan fingerprint density at radius 1 is 1.52 bits per heavy atom. The monoisotopic (exact) mass is 293 g/mol. The van der Waals surface area contributed by atoms with Crippen LogP contribution < -0.4 is 11.1 Å². The van der Waals surface area contributed by atoms with Crippen LogP contribution in [0.2, 0.25) is 0 Å². The summed E-state index contributed by atoms with van der Waals surface area (Å²) in [5.74, 6) is -0.616. The van der Waals surface area contributed by atoms with E-state index in [4.69, 9.17) is 5.73 Å². The second-order valence-electron chi connectivity index (χ2n) is 5.63. The number of nitrogens with one attached hydrogen (secondary N) is 1. The summed E-state index contributed by atoms with van der Waals surface area (Å²) in [7, 11) is 0. The first kappa shape index (κ1) is 15.8. The lowest BCUT2D eigenvalue weighted by atomic mass is 10.1. The Kier molecular flexibility index (Phi) is 5.56. The molecule has 4 nitrogen and oxygen atoms in total. The van der Waals surface area contributed by atoms with Gasteiger partial charge in [-0.25, -0.2) is 4.39 Å². The van der Waals surface area contributed by atoms with Gasteiger partial charge in [0.25, 0.3) is 0 Å². The summed E-state index contributed by atoms with van der Waals surface area (Å²) in [6, 6.07) is 4.85. The van der Waals surface area contributed by atoms with Gasteiger partial charge in [0.2, 0.25) is 5.91 Å².